The van der Waals surface area contributed by atoms with Gasteiger partial charge in [-0.1, -0.05) is 29.3 Å². The molecule has 1 heterocycles. The van der Waals surface area contributed by atoms with E-state index >= 15 is 0 Å². The Kier molecular flexibility index (Phi) is 4.96. The summed E-state index contributed by atoms with van der Waals surface area (Å²) in [6.45, 7) is 0. The van der Waals surface area contributed by atoms with Crippen molar-refractivity contribution in [3.05, 3.63) is 58.3 Å². The zero-order chi connectivity index (χ0) is 20.0. The molecule has 11 heteroatoms. The van der Waals surface area contributed by atoms with Gasteiger partial charge < -0.3 is 0 Å². The number of aromatic nitrogens is 3. The summed E-state index contributed by atoms with van der Waals surface area (Å²) in [7, 11) is -3.46. The lowest BCUT2D eigenvalue weighted by molar-refractivity contribution is -0.144. The van der Waals surface area contributed by atoms with Crippen LogP contribution in [0.2, 0.25) is 10.0 Å². The highest BCUT2D eigenvalue weighted by molar-refractivity contribution is 7.90. The van der Waals surface area contributed by atoms with E-state index in [0.717, 1.165) is 10.9 Å². The number of rotatable bonds is 3. The van der Waals surface area contributed by atoms with Gasteiger partial charge in [0, 0.05) is 11.8 Å². The summed E-state index contributed by atoms with van der Waals surface area (Å²) in [6, 6.07) is 9.65. The van der Waals surface area contributed by atoms with E-state index in [1.54, 1.807) is 0 Å². The zero-order valence-electron chi connectivity index (χ0n) is 13.5. The highest BCUT2D eigenvalue weighted by atomic mass is 35.5. The van der Waals surface area contributed by atoms with E-state index in [1.807, 2.05) is 0 Å². The summed E-state index contributed by atoms with van der Waals surface area (Å²) in [4.78, 5) is 3.59. The number of benzene rings is 2. The maximum absolute atomic E-state index is 13.1. The van der Waals surface area contributed by atoms with Crippen LogP contribution in [0.5, 0.6) is 0 Å². The van der Waals surface area contributed by atoms with Crippen LogP contribution in [0.25, 0.3) is 17.1 Å². The number of hydrogen-bond donors (Lipinski definition) is 0. The largest absolute Gasteiger partial charge is 0.453 e. The molecule has 0 radical (unpaired) electrons. The van der Waals surface area contributed by atoms with Gasteiger partial charge in [0.05, 0.1) is 20.6 Å². The molecule has 0 aliphatic heterocycles. The monoisotopic (exact) mass is 435 g/mol. The van der Waals surface area contributed by atoms with E-state index in [4.69, 9.17) is 23.2 Å². The van der Waals surface area contributed by atoms with Crippen molar-refractivity contribution < 1.29 is 21.6 Å². The molecule has 0 saturated carbocycles. The van der Waals surface area contributed by atoms with Crippen LogP contribution in [0.3, 0.4) is 0 Å². The van der Waals surface area contributed by atoms with Crippen LogP contribution in [-0.4, -0.2) is 29.4 Å². The summed E-state index contributed by atoms with van der Waals surface area (Å²) in [5.41, 5.74) is 0.329. The molecule has 0 saturated heterocycles. The number of nitrogens with zero attached hydrogens (tertiary/aromatic N) is 3. The number of alkyl halides is 3. The third-order valence-corrected chi connectivity index (χ3v) is 5.51. The van der Waals surface area contributed by atoms with Crippen LogP contribution in [-0.2, 0) is 16.0 Å². The molecule has 2 aromatic carbocycles. The molecule has 0 amide bonds. The maximum atomic E-state index is 13.1. The normalized spacial score (nSPS) is 12.4. The summed E-state index contributed by atoms with van der Waals surface area (Å²) in [5, 5.41) is 3.69. The Morgan fingerprint density at radius 2 is 1.67 bits per heavy atom. The fourth-order valence-electron chi connectivity index (χ4n) is 2.30. The minimum atomic E-state index is -4.78. The van der Waals surface area contributed by atoms with Gasteiger partial charge in [-0.15, -0.1) is 5.10 Å². The van der Waals surface area contributed by atoms with Gasteiger partial charge in [0.15, 0.2) is 15.7 Å². The maximum Gasteiger partial charge on any atom is 0.453 e. The minimum absolute atomic E-state index is 0.0183. The number of hydrogen-bond acceptors (Lipinski definition) is 4. The lowest BCUT2D eigenvalue weighted by Gasteiger charge is -2.09. The molecular weight excluding hydrogens is 426 g/mol. The summed E-state index contributed by atoms with van der Waals surface area (Å²) < 4.78 is 63.5. The van der Waals surface area contributed by atoms with Gasteiger partial charge >= 0.3 is 6.18 Å². The van der Waals surface area contributed by atoms with Gasteiger partial charge in [-0.05, 0) is 36.4 Å². The standard InChI is InChI=1S/C16H10Cl2F3N3O2S/c1-27(25,26)10-7-5-9(6-8-10)24-14(22-15(23-24)16(19,20)21)11-3-2-4-12(17)13(11)18/h2-8H,1H3. The van der Waals surface area contributed by atoms with E-state index in [2.05, 4.69) is 10.1 Å². The highest BCUT2D eigenvalue weighted by Crippen LogP contribution is 2.36. The topological polar surface area (TPSA) is 64.8 Å². The van der Waals surface area contributed by atoms with Crippen molar-refractivity contribution in [2.24, 2.45) is 0 Å². The molecule has 0 bridgehead atoms. The third-order valence-electron chi connectivity index (χ3n) is 3.56. The van der Waals surface area contributed by atoms with Crippen LogP contribution in [0, 0.1) is 0 Å². The van der Waals surface area contributed by atoms with E-state index in [0.29, 0.717) is 0 Å². The van der Waals surface area contributed by atoms with Crippen LogP contribution < -0.4 is 0 Å². The molecule has 27 heavy (non-hydrogen) atoms. The van der Waals surface area contributed by atoms with Gasteiger partial charge in [-0.2, -0.15) is 13.2 Å². The molecule has 0 atom stereocenters. The van der Waals surface area contributed by atoms with E-state index < -0.39 is 21.8 Å². The lowest BCUT2D eigenvalue weighted by Crippen LogP contribution is -2.08. The second-order valence-electron chi connectivity index (χ2n) is 5.54. The van der Waals surface area contributed by atoms with Gasteiger partial charge in [0.2, 0.25) is 0 Å². The van der Waals surface area contributed by atoms with Crippen molar-refractivity contribution in [1.29, 1.82) is 0 Å². The Labute approximate surface area is 162 Å². The molecule has 0 N–H and O–H groups in total. The van der Waals surface area contributed by atoms with E-state index in [9.17, 15) is 21.6 Å². The molecule has 0 fully saturated rings. The van der Waals surface area contributed by atoms with Crippen molar-refractivity contribution >= 4 is 33.0 Å². The molecule has 0 aliphatic rings. The summed E-state index contributed by atoms with van der Waals surface area (Å²) in [6.07, 6.45) is -3.76. The second-order valence-corrected chi connectivity index (χ2v) is 8.34. The minimum Gasteiger partial charge on any atom is -0.224 e. The molecule has 142 valence electrons. The Hall–Kier alpha value is -2.10. The Bertz CT molecular complexity index is 1110. The van der Waals surface area contributed by atoms with Gasteiger partial charge in [-0.25, -0.2) is 18.1 Å². The smallest absolute Gasteiger partial charge is 0.224 e. The SMILES string of the molecule is CS(=O)(=O)c1ccc(-n2nc(C(F)(F)F)nc2-c2cccc(Cl)c2Cl)cc1. The van der Waals surface area contributed by atoms with Crippen LogP contribution in [0.4, 0.5) is 13.2 Å². The highest BCUT2D eigenvalue weighted by Gasteiger charge is 2.37. The quantitative estimate of drug-likeness (QED) is 0.599. The van der Waals surface area contributed by atoms with Crippen LogP contribution >= 0.6 is 23.2 Å². The van der Waals surface area contributed by atoms with E-state index in [-0.39, 0.29) is 32.0 Å². The zero-order valence-corrected chi connectivity index (χ0v) is 15.8. The summed E-state index contributed by atoms with van der Waals surface area (Å²) in [5.74, 6) is -1.54. The number of halogens is 5. The van der Waals surface area contributed by atoms with Gasteiger partial charge in [0.25, 0.3) is 5.82 Å². The molecule has 5 nitrogen and oxygen atoms in total. The molecule has 3 rings (SSSR count). The lowest BCUT2D eigenvalue weighted by atomic mass is 10.2. The van der Waals surface area contributed by atoms with Crippen molar-refractivity contribution in [3.8, 4) is 17.1 Å². The fraction of sp³-hybridized carbons (Fsp3) is 0.125. The second kappa shape index (κ2) is 6.81. The predicted molar refractivity (Wildman–Crippen MR) is 94.9 cm³/mol. The average Bonchev–Trinajstić information content (AvgIpc) is 3.02. The third kappa shape index (κ3) is 3.95. The van der Waals surface area contributed by atoms with Crippen LogP contribution in [0.1, 0.15) is 5.82 Å². The molecule has 3 aromatic rings. The van der Waals surface area contributed by atoms with Crippen LogP contribution in [0.15, 0.2) is 47.4 Å². The van der Waals surface area contributed by atoms with Gasteiger partial charge in [-0.3, -0.25) is 0 Å². The fourth-order valence-corrected chi connectivity index (χ4v) is 3.31. The number of sulfone groups is 1. The van der Waals surface area contributed by atoms with Crippen molar-refractivity contribution in [1.82, 2.24) is 14.8 Å². The first-order chi connectivity index (χ1) is 12.5. The molecular formula is C16H10Cl2F3N3O2S. The van der Waals surface area contributed by atoms with Crippen molar-refractivity contribution in [2.75, 3.05) is 6.26 Å². The van der Waals surface area contributed by atoms with Gasteiger partial charge in [0.1, 0.15) is 0 Å². The molecule has 0 unspecified atom stereocenters. The summed E-state index contributed by atoms with van der Waals surface area (Å²) >= 11 is 12.1. The predicted octanol–water partition coefficient (Wildman–Crippen LogP) is 4.66. The van der Waals surface area contributed by atoms with E-state index in [1.165, 1.54) is 42.5 Å². The average molecular weight is 436 g/mol. The first-order valence-corrected chi connectivity index (χ1v) is 9.92. The molecule has 1 aromatic heterocycles. The Morgan fingerprint density at radius 3 is 2.22 bits per heavy atom. The van der Waals surface area contributed by atoms with Crippen molar-refractivity contribution in [3.63, 3.8) is 0 Å². The first kappa shape index (κ1) is 19.7. The van der Waals surface area contributed by atoms with Crippen molar-refractivity contribution in [2.45, 2.75) is 11.1 Å². The molecule has 0 aliphatic carbocycles. The Morgan fingerprint density at radius 1 is 1.04 bits per heavy atom. The Balaban J connectivity index is 2.23. The molecule has 0 spiro atoms. The first-order valence-electron chi connectivity index (χ1n) is 7.27.